The molecule has 2 aromatic rings. The van der Waals surface area contributed by atoms with Crippen molar-refractivity contribution in [3.05, 3.63) is 57.8 Å². The topological polar surface area (TPSA) is 54.1 Å². The number of H-pyrrole nitrogens is 1. The predicted octanol–water partition coefficient (Wildman–Crippen LogP) is 4.27. The third kappa shape index (κ3) is 4.12. The molecule has 3 rings (SSSR count). The average Bonchev–Trinajstić information content (AvgIpc) is 3.06. The van der Waals surface area contributed by atoms with E-state index in [-0.39, 0.29) is 12.5 Å². The number of alkyl halides is 3. The number of nitrogens with one attached hydrogen (secondary N) is 2. The standard InChI is InChI=1S/C18H18BrF3N2O2/c19-14-9-15(23-10-14)16(25)24-11-17(4-6-26-7-5-17)12-2-1-3-13(8-12)18(20,21)22/h1-3,8-10,23H,4-7,11H2,(H,24,25). The van der Waals surface area contributed by atoms with Crippen molar-refractivity contribution in [1.29, 1.82) is 0 Å². The molecule has 8 heteroatoms. The zero-order valence-corrected chi connectivity index (χ0v) is 15.4. The van der Waals surface area contributed by atoms with Gasteiger partial charge in [-0.3, -0.25) is 4.79 Å². The summed E-state index contributed by atoms with van der Waals surface area (Å²) in [6, 6.07) is 7.00. The third-order valence-electron chi connectivity index (χ3n) is 4.73. The van der Waals surface area contributed by atoms with Gasteiger partial charge in [-0.05, 0) is 46.5 Å². The molecule has 1 fully saturated rings. The molecule has 1 saturated heterocycles. The summed E-state index contributed by atoms with van der Waals surface area (Å²) >= 11 is 3.27. The van der Waals surface area contributed by atoms with Gasteiger partial charge in [0.1, 0.15) is 5.69 Å². The van der Waals surface area contributed by atoms with Crippen molar-refractivity contribution in [3.63, 3.8) is 0 Å². The fourth-order valence-electron chi connectivity index (χ4n) is 3.20. The monoisotopic (exact) mass is 430 g/mol. The lowest BCUT2D eigenvalue weighted by atomic mass is 9.73. The van der Waals surface area contributed by atoms with E-state index >= 15 is 0 Å². The van der Waals surface area contributed by atoms with E-state index in [1.54, 1.807) is 18.3 Å². The molecule has 0 unspecified atom stereocenters. The molecule has 1 aromatic carbocycles. The number of hydrogen-bond acceptors (Lipinski definition) is 2. The molecule has 0 bridgehead atoms. The van der Waals surface area contributed by atoms with Gasteiger partial charge in [0.05, 0.1) is 5.56 Å². The number of hydrogen-bond donors (Lipinski definition) is 2. The fourth-order valence-corrected chi connectivity index (χ4v) is 3.54. The molecule has 1 aliphatic heterocycles. The summed E-state index contributed by atoms with van der Waals surface area (Å²) in [6.45, 7) is 1.13. The van der Waals surface area contributed by atoms with Gasteiger partial charge in [0.15, 0.2) is 0 Å². The van der Waals surface area contributed by atoms with Crippen LogP contribution in [0.4, 0.5) is 13.2 Å². The maximum atomic E-state index is 13.1. The van der Waals surface area contributed by atoms with E-state index in [4.69, 9.17) is 4.74 Å². The van der Waals surface area contributed by atoms with E-state index < -0.39 is 17.2 Å². The quantitative estimate of drug-likeness (QED) is 0.760. The molecule has 0 spiro atoms. The predicted molar refractivity (Wildman–Crippen MR) is 94.0 cm³/mol. The van der Waals surface area contributed by atoms with Crippen LogP contribution in [0.3, 0.4) is 0 Å². The first kappa shape index (κ1) is 19.0. The number of rotatable bonds is 4. The molecule has 2 heterocycles. The zero-order valence-electron chi connectivity index (χ0n) is 13.8. The number of aromatic amines is 1. The minimum atomic E-state index is -4.40. The molecule has 4 nitrogen and oxygen atoms in total. The molecule has 2 N–H and O–H groups in total. The van der Waals surface area contributed by atoms with Gasteiger partial charge in [-0.1, -0.05) is 18.2 Å². The Morgan fingerprint density at radius 2 is 2.00 bits per heavy atom. The average molecular weight is 431 g/mol. The highest BCUT2D eigenvalue weighted by molar-refractivity contribution is 9.10. The first-order chi connectivity index (χ1) is 12.3. The molecular formula is C18H18BrF3N2O2. The maximum Gasteiger partial charge on any atom is 0.416 e. The normalized spacial score (nSPS) is 17.1. The molecule has 1 aromatic heterocycles. The Balaban J connectivity index is 1.84. The minimum Gasteiger partial charge on any atom is -0.381 e. The van der Waals surface area contributed by atoms with Gasteiger partial charge in [0, 0.05) is 35.8 Å². The highest BCUT2D eigenvalue weighted by atomic mass is 79.9. The second kappa shape index (κ2) is 7.44. The van der Waals surface area contributed by atoms with E-state index in [0.29, 0.717) is 37.3 Å². The largest absolute Gasteiger partial charge is 0.416 e. The first-order valence-corrected chi connectivity index (χ1v) is 8.97. The molecule has 0 saturated carbocycles. The fraction of sp³-hybridized carbons (Fsp3) is 0.389. The van der Waals surface area contributed by atoms with Crippen LogP contribution in [0.15, 0.2) is 41.0 Å². The van der Waals surface area contributed by atoms with Crippen molar-refractivity contribution in [1.82, 2.24) is 10.3 Å². The Hall–Kier alpha value is -1.80. The Bertz CT molecular complexity index is 783. The minimum absolute atomic E-state index is 0.243. The van der Waals surface area contributed by atoms with Crippen LogP contribution < -0.4 is 5.32 Å². The number of ether oxygens (including phenoxy) is 1. The molecular weight excluding hydrogens is 413 g/mol. The molecule has 1 amide bonds. The number of halogens is 4. The van der Waals surface area contributed by atoms with Crippen LogP contribution in [0.2, 0.25) is 0 Å². The number of carbonyl (C=O) groups excluding carboxylic acids is 1. The smallest absolute Gasteiger partial charge is 0.381 e. The zero-order chi connectivity index (χ0) is 18.8. The van der Waals surface area contributed by atoms with Crippen LogP contribution in [-0.4, -0.2) is 30.6 Å². The summed E-state index contributed by atoms with van der Waals surface area (Å²) in [5.41, 5.74) is -0.300. The van der Waals surface area contributed by atoms with Crippen LogP contribution in [0.25, 0.3) is 0 Å². The van der Waals surface area contributed by atoms with Crippen LogP contribution in [0, 0.1) is 0 Å². The molecule has 0 atom stereocenters. The van der Waals surface area contributed by atoms with Gasteiger partial charge in [-0.2, -0.15) is 13.2 Å². The summed E-state index contributed by atoms with van der Waals surface area (Å²) < 4.78 is 45.4. The Morgan fingerprint density at radius 3 is 2.62 bits per heavy atom. The molecule has 140 valence electrons. The van der Waals surface area contributed by atoms with Gasteiger partial charge in [0.25, 0.3) is 5.91 Å². The highest BCUT2D eigenvalue weighted by Gasteiger charge is 2.37. The van der Waals surface area contributed by atoms with E-state index in [1.165, 1.54) is 12.1 Å². The molecule has 0 aliphatic carbocycles. The Morgan fingerprint density at radius 1 is 1.27 bits per heavy atom. The third-order valence-corrected chi connectivity index (χ3v) is 5.19. The van der Waals surface area contributed by atoms with Crippen molar-refractivity contribution in [2.24, 2.45) is 0 Å². The van der Waals surface area contributed by atoms with Gasteiger partial charge in [-0.15, -0.1) is 0 Å². The van der Waals surface area contributed by atoms with Crippen molar-refractivity contribution >= 4 is 21.8 Å². The maximum absolute atomic E-state index is 13.1. The van der Waals surface area contributed by atoms with Gasteiger partial charge >= 0.3 is 6.18 Å². The summed E-state index contributed by atoms with van der Waals surface area (Å²) in [5, 5.41) is 2.85. The second-order valence-electron chi connectivity index (χ2n) is 6.39. The first-order valence-electron chi connectivity index (χ1n) is 8.18. The molecule has 0 radical (unpaired) electrons. The van der Waals surface area contributed by atoms with Crippen LogP contribution in [0.1, 0.15) is 34.5 Å². The Labute approximate surface area is 157 Å². The van der Waals surface area contributed by atoms with Gasteiger partial charge in [0.2, 0.25) is 0 Å². The lowest BCUT2D eigenvalue weighted by molar-refractivity contribution is -0.137. The van der Waals surface area contributed by atoms with Gasteiger partial charge in [-0.25, -0.2) is 0 Å². The number of benzene rings is 1. The summed E-state index contributed by atoms with van der Waals surface area (Å²) in [7, 11) is 0. The lowest BCUT2D eigenvalue weighted by Gasteiger charge is -2.38. The van der Waals surface area contributed by atoms with Crippen LogP contribution in [-0.2, 0) is 16.3 Å². The van der Waals surface area contributed by atoms with Crippen molar-refractivity contribution in [3.8, 4) is 0 Å². The van der Waals surface area contributed by atoms with Crippen molar-refractivity contribution in [2.45, 2.75) is 24.4 Å². The van der Waals surface area contributed by atoms with E-state index in [2.05, 4.69) is 26.2 Å². The van der Waals surface area contributed by atoms with E-state index in [0.717, 1.165) is 10.5 Å². The van der Waals surface area contributed by atoms with E-state index in [9.17, 15) is 18.0 Å². The van der Waals surface area contributed by atoms with Crippen LogP contribution >= 0.6 is 15.9 Å². The molecule has 26 heavy (non-hydrogen) atoms. The number of carbonyl (C=O) groups is 1. The second-order valence-corrected chi connectivity index (χ2v) is 7.30. The molecule has 1 aliphatic rings. The summed E-state index contributed by atoms with van der Waals surface area (Å²) in [6.07, 6.45) is -1.67. The highest BCUT2D eigenvalue weighted by Crippen LogP contribution is 2.37. The number of aromatic nitrogens is 1. The summed E-state index contributed by atoms with van der Waals surface area (Å²) in [5.74, 6) is -0.298. The van der Waals surface area contributed by atoms with Crippen molar-refractivity contribution in [2.75, 3.05) is 19.8 Å². The summed E-state index contributed by atoms with van der Waals surface area (Å²) in [4.78, 5) is 15.2. The SMILES string of the molecule is O=C(NCC1(c2cccc(C(F)(F)F)c2)CCOCC1)c1cc(Br)c[nH]1. The van der Waals surface area contributed by atoms with Crippen molar-refractivity contribution < 1.29 is 22.7 Å². The Kier molecular flexibility index (Phi) is 5.43. The van der Waals surface area contributed by atoms with E-state index in [1.807, 2.05) is 0 Å². The van der Waals surface area contributed by atoms with Gasteiger partial charge < -0.3 is 15.0 Å². The number of amides is 1. The van der Waals surface area contributed by atoms with Crippen LogP contribution in [0.5, 0.6) is 0 Å². The lowest BCUT2D eigenvalue weighted by Crippen LogP contribution is -2.44.